The summed E-state index contributed by atoms with van der Waals surface area (Å²) in [5, 5.41) is 2.87. The molecule has 0 radical (unpaired) electrons. The molecule has 0 aromatic heterocycles. The summed E-state index contributed by atoms with van der Waals surface area (Å²) in [5.74, 6) is 0.242. The van der Waals surface area contributed by atoms with Crippen LogP contribution < -0.4 is 10.1 Å². The molecule has 1 amide bonds. The van der Waals surface area contributed by atoms with E-state index < -0.39 is 0 Å². The van der Waals surface area contributed by atoms with Gasteiger partial charge in [-0.05, 0) is 12.1 Å². The molecular weight excluding hydrogens is 326 g/mol. The van der Waals surface area contributed by atoms with E-state index in [4.69, 9.17) is 4.74 Å². The Labute approximate surface area is 152 Å². The molecule has 1 N–H and O–H groups in total. The largest absolute Gasteiger partial charge is 0.496 e. The van der Waals surface area contributed by atoms with Crippen molar-refractivity contribution in [2.75, 3.05) is 7.11 Å². The van der Waals surface area contributed by atoms with Crippen LogP contribution in [0.4, 0.5) is 0 Å². The van der Waals surface area contributed by atoms with Gasteiger partial charge in [0, 0.05) is 23.2 Å². The molecular formula is C22H19NO3. The van der Waals surface area contributed by atoms with Crippen LogP contribution in [-0.2, 0) is 6.54 Å². The second-order valence-electron chi connectivity index (χ2n) is 5.74. The molecule has 0 fully saturated rings. The van der Waals surface area contributed by atoms with Gasteiger partial charge in [-0.15, -0.1) is 0 Å². The van der Waals surface area contributed by atoms with Crippen LogP contribution in [0.1, 0.15) is 31.8 Å². The lowest BCUT2D eigenvalue weighted by Crippen LogP contribution is -2.25. The number of hydrogen-bond acceptors (Lipinski definition) is 3. The highest BCUT2D eigenvalue weighted by molar-refractivity contribution is 6.15. The summed E-state index contributed by atoms with van der Waals surface area (Å²) < 4.78 is 5.30. The SMILES string of the molecule is COc1ccccc1CNC(=O)c1ccccc1C(=O)c1ccccc1. The zero-order chi connectivity index (χ0) is 18.4. The Balaban J connectivity index is 1.81. The molecule has 0 saturated carbocycles. The maximum atomic E-state index is 12.7. The van der Waals surface area contributed by atoms with Crippen LogP contribution in [0.15, 0.2) is 78.9 Å². The molecule has 0 heterocycles. The molecule has 4 nitrogen and oxygen atoms in total. The average Bonchev–Trinajstić information content (AvgIpc) is 2.72. The lowest BCUT2D eigenvalue weighted by atomic mass is 9.98. The molecule has 0 bridgehead atoms. The lowest BCUT2D eigenvalue weighted by molar-refractivity contribution is 0.0939. The summed E-state index contributed by atoms with van der Waals surface area (Å²) in [4.78, 5) is 25.4. The Morgan fingerprint density at radius 1 is 0.808 bits per heavy atom. The minimum Gasteiger partial charge on any atom is -0.496 e. The topological polar surface area (TPSA) is 55.4 Å². The fourth-order valence-electron chi connectivity index (χ4n) is 2.74. The van der Waals surface area contributed by atoms with E-state index in [-0.39, 0.29) is 11.7 Å². The average molecular weight is 345 g/mol. The van der Waals surface area contributed by atoms with Gasteiger partial charge in [-0.1, -0.05) is 66.7 Å². The standard InChI is InChI=1S/C22H19NO3/c1-26-20-14-8-5-11-17(20)15-23-22(25)19-13-7-6-12-18(19)21(24)16-9-3-2-4-10-16/h2-14H,15H2,1H3,(H,23,25). The van der Waals surface area contributed by atoms with Crippen molar-refractivity contribution >= 4 is 11.7 Å². The number of carbonyl (C=O) groups excluding carboxylic acids is 2. The minimum atomic E-state index is -0.296. The lowest BCUT2D eigenvalue weighted by Gasteiger charge is -2.11. The molecule has 3 rings (SSSR count). The van der Waals surface area contributed by atoms with Crippen molar-refractivity contribution in [3.63, 3.8) is 0 Å². The van der Waals surface area contributed by atoms with Crippen LogP contribution in [0, 0.1) is 0 Å². The van der Waals surface area contributed by atoms with E-state index in [0.29, 0.717) is 29.0 Å². The number of nitrogens with one attached hydrogen (secondary N) is 1. The number of hydrogen-bond donors (Lipinski definition) is 1. The molecule has 0 saturated heterocycles. The van der Waals surface area contributed by atoms with Crippen LogP contribution >= 0.6 is 0 Å². The van der Waals surface area contributed by atoms with Crippen molar-refractivity contribution in [3.8, 4) is 5.75 Å². The zero-order valence-corrected chi connectivity index (χ0v) is 14.4. The van der Waals surface area contributed by atoms with E-state index in [0.717, 1.165) is 5.56 Å². The van der Waals surface area contributed by atoms with E-state index in [1.54, 1.807) is 55.6 Å². The number of para-hydroxylation sites is 1. The number of methoxy groups -OCH3 is 1. The van der Waals surface area contributed by atoms with Crippen LogP contribution in [0.3, 0.4) is 0 Å². The van der Waals surface area contributed by atoms with Crippen molar-refractivity contribution < 1.29 is 14.3 Å². The first-order chi connectivity index (χ1) is 12.7. The third-order valence-electron chi connectivity index (χ3n) is 4.08. The van der Waals surface area contributed by atoms with E-state index >= 15 is 0 Å². The Morgan fingerprint density at radius 3 is 2.15 bits per heavy atom. The highest BCUT2D eigenvalue weighted by atomic mass is 16.5. The molecule has 26 heavy (non-hydrogen) atoms. The van der Waals surface area contributed by atoms with E-state index in [9.17, 15) is 9.59 Å². The van der Waals surface area contributed by atoms with Gasteiger partial charge < -0.3 is 10.1 Å². The van der Waals surface area contributed by atoms with Crippen LogP contribution in [-0.4, -0.2) is 18.8 Å². The Hall–Kier alpha value is -3.40. The molecule has 0 spiro atoms. The second kappa shape index (κ2) is 8.12. The van der Waals surface area contributed by atoms with Gasteiger partial charge >= 0.3 is 0 Å². The number of amides is 1. The van der Waals surface area contributed by atoms with Crippen molar-refractivity contribution in [1.82, 2.24) is 5.32 Å². The molecule has 130 valence electrons. The van der Waals surface area contributed by atoms with Gasteiger partial charge in [-0.25, -0.2) is 0 Å². The third-order valence-corrected chi connectivity index (χ3v) is 4.08. The highest BCUT2D eigenvalue weighted by Gasteiger charge is 2.18. The first-order valence-electron chi connectivity index (χ1n) is 8.29. The van der Waals surface area contributed by atoms with Gasteiger partial charge in [0.15, 0.2) is 5.78 Å². The molecule has 0 aliphatic heterocycles. The Kier molecular flexibility index (Phi) is 5.44. The molecule has 0 aliphatic carbocycles. The van der Waals surface area contributed by atoms with Crippen molar-refractivity contribution in [2.45, 2.75) is 6.54 Å². The summed E-state index contributed by atoms with van der Waals surface area (Å²) in [5.41, 5.74) is 2.17. The number of rotatable bonds is 6. The van der Waals surface area contributed by atoms with Gasteiger partial charge in [0.05, 0.1) is 12.7 Å². The molecule has 4 heteroatoms. The number of benzene rings is 3. The monoisotopic (exact) mass is 345 g/mol. The Bertz CT molecular complexity index is 919. The Morgan fingerprint density at radius 2 is 1.42 bits per heavy atom. The van der Waals surface area contributed by atoms with E-state index in [1.165, 1.54) is 0 Å². The first-order valence-corrected chi connectivity index (χ1v) is 8.29. The molecule has 0 aliphatic rings. The molecule has 3 aromatic rings. The number of carbonyl (C=O) groups is 2. The van der Waals surface area contributed by atoms with E-state index in [2.05, 4.69) is 5.32 Å². The molecule has 0 atom stereocenters. The maximum absolute atomic E-state index is 12.7. The van der Waals surface area contributed by atoms with Crippen molar-refractivity contribution in [1.29, 1.82) is 0 Å². The summed E-state index contributed by atoms with van der Waals surface area (Å²) in [6.07, 6.45) is 0. The predicted molar refractivity (Wildman–Crippen MR) is 100 cm³/mol. The minimum absolute atomic E-state index is 0.173. The molecule has 3 aromatic carbocycles. The maximum Gasteiger partial charge on any atom is 0.252 e. The number of ether oxygens (including phenoxy) is 1. The summed E-state index contributed by atoms with van der Waals surface area (Å²) in [6.45, 7) is 0.316. The van der Waals surface area contributed by atoms with Gasteiger partial charge in [0.2, 0.25) is 0 Å². The van der Waals surface area contributed by atoms with Gasteiger partial charge in [0.25, 0.3) is 5.91 Å². The van der Waals surface area contributed by atoms with Crippen molar-refractivity contribution in [2.24, 2.45) is 0 Å². The highest BCUT2D eigenvalue weighted by Crippen LogP contribution is 2.18. The van der Waals surface area contributed by atoms with Gasteiger partial charge in [0.1, 0.15) is 5.75 Å². The number of ketones is 1. The summed E-state index contributed by atoms with van der Waals surface area (Å²) in [6, 6.07) is 23.3. The van der Waals surface area contributed by atoms with Gasteiger partial charge in [-0.3, -0.25) is 9.59 Å². The normalized spacial score (nSPS) is 10.2. The smallest absolute Gasteiger partial charge is 0.252 e. The fraction of sp³-hybridized carbons (Fsp3) is 0.0909. The summed E-state index contributed by atoms with van der Waals surface area (Å²) >= 11 is 0. The third kappa shape index (κ3) is 3.81. The quantitative estimate of drug-likeness (QED) is 0.690. The zero-order valence-electron chi connectivity index (χ0n) is 14.4. The van der Waals surface area contributed by atoms with Crippen LogP contribution in [0.25, 0.3) is 0 Å². The summed E-state index contributed by atoms with van der Waals surface area (Å²) in [7, 11) is 1.59. The van der Waals surface area contributed by atoms with Crippen LogP contribution in [0.2, 0.25) is 0 Å². The predicted octanol–water partition coefficient (Wildman–Crippen LogP) is 3.86. The second-order valence-corrected chi connectivity index (χ2v) is 5.74. The van der Waals surface area contributed by atoms with Gasteiger partial charge in [-0.2, -0.15) is 0 Å². The fourth-order valence-corrected chi connectivity index (χ4v) is 2.74. The van der Waals surface area contributed by atoms with Crippen LogP contribution in [0.5, 0.6) is 5.75 Å². The van der Waals surface area contributed by atoms with E-state index in [1.807, 2.05) is 30.3 Å². The molecule has 0 unspecified atom stereocenters. The first kappa shape index (κ1) is 17.4. The van der Waals surface area contributed by atoms with Crippen molar-refractivity contribution in [3.05, 3.63) is 101 Å².